The third kappa shape index (κ3) is 4.99. The summed E-state index contributed by atoms with van der Waals surface area (Å²) in [6.45, 7) is 0. The van der Waals surface area contributed by atoms with Crippen molar-refractivity contribution >= 4 is 33.4 Å². The van der Waals surface area contributed by atoms with Gasteiger partial charge in [0.05, 0.1) is 12.1 Å². The van der Waals surface area contributed by atoms with Crippen LogP contribution in [0.2, 0.25) is 0 Å². The maximum atomic E-state index is 12.7. The van der Waals surface area contributed by atoms with E-state index in [4.69, 9.17) is 5.73 Å². The maximum absolute atomic E-state index is 12.7. The van der Waals surface area contributed by atoms with Gasteiger partial charge < -0.3 is 20.0 Å². The van der Waals surface area contributed by atoms with Gasteiger partial charge >= 0.3 is 5.97 Å². The zero-order valence-corrected chi connectivity index (χ0v) is 14.7. The summed E-state index contributed by atoms with van der Waals surface area (Å²) in [7, 11) is 1.19. The zero-order chi connectivity index (χ0) is 18.4. The summed E-state index contributed by atoms with van der Waals surface area (Å²) in [4.78, 5) is 13.9. The molecule has 0 bridgehead atoms. The van der Waals surface area contributed by atoms with Crippen LogP contribution in [0.5, 0.6) is 0 Å². The van der Waals surface area contributed by atoms with Gasteiger partial charge in [-0.05, 0) is 22.7 Å². The molecule has 2 heterocycles. The first-order chi connectivity index (χ1) is 11.9. The Hall–Kier alpha value is -2.49. The number of nitrogens with two attached hydrogens (primary N) is 1. The zero-order valence-electron chi connectivity index (χ0n) is 13.0. The first-order valence-electron chi connectivity index (χ1n) is 6.88. The molecule has 2 aromatic heterocycles. The van der Waals surface area contributed by atoms with E-state index >= 15 is 0 Å². The smallest absolute Gasteiger partial charge is 0.351 e. The Morgan fingerprint density at radius 1 is 1.36 bits per heavy atom. The number of nitrogen functional groups attached to an aromatic ring is 1. The van der Waals surface area contributed by atoms with E-state index in [1.54, 1.807) is 6.07 Å². The van der Waals surface area contributed by atoms with E-state index in [9.17, 15) is 17.9 Å². The Kier molecular flexibility index (Phi) is 6.45. The molecule has 1 atom stereocenters. The molecule has 0 aliphatic heterocycles. The van der Waals surface area contributed by atoms with Crippen molar-refractivity contribution in [3.05, 3.63) is 59.4 Å². The monoisotopic (exact) mass is 385 g/mol. The molecule has 0 amide bonds. The van der Waals surface area contributed by atoms with Crippen molar-refractivity contribution in [3.8, 4) is 11.3 Å². The highest BCUT2D eigenvalue weighted by Crippen LogP contribution is 2.23. The largest absolute Gasteiger partial charge is 0.768 e. The van der Waals surface area contributed by atoms with Gasteiger partial charge in [0.25, 0.3) is 0 Å². The lowest BCUT2D eigenvalue weighted by Gasteiger charge is -1.98. The van der Waals surface area contributed by atoms with Crippen LogP contribution in [0.3, 0.4) is 0 Å². The van der Waals surface area contributed by atoms with Gasteiger partial charge in [-0.2, -0.15) is 0 Å². The average Bonchev–Trinajstić information content (AvgIpc) is 3.22. The Morgan fingerprint density at radius 2 is 2.04 bits per heavy atom. The summed E-state index contributed by atoms with van der Waals surface area (Å²) in [5.74, 6) is -1.32. The molecule has 0 fully saturated rings. The number of H-pyrrole nitrogens is 1. The highest BCUT2D eigenvalue weighted by Gasteiger charge is 2.15. The van der Waals surface area contributed by atoms with Gasteiger partial charge in [-0.1, -0.05) is 30.3 Å². The molecular weight excluding hydrogens is 367 g/mol. The molecule has 9 heteroatoms. The molecule has 0 aliphatic rings. The lowest BCUT2D eigenvalue weighted by atomic mass is 10.2. The van der Waals surface area contributed by atoms with Crippen molar-refractivity contribution in [1.29, 1.82) is 0 Å². The Labute approximate surface area is 152 Å². The summed E-state index contributed by atoms with van der Waals surface area (Å²) in [6.07, 6.45) is 1.48. The Balaban J connectivity index is 0.000000479. The molecule has 3 aromatic rings. The number of carbonyl (C=O) groups excluding carboxylic acids is 1. The lowest BCUT2D eigenvalue weighted by Crippen LogP contribution is -1.99. The predicted molar refractivity (Wildman–Crippen MR) is 97.7 cm³/mol. The van der Waals surface area contributed by atoms with Crippen molar-refractivity contribution in [2.45, 2.75) is 4.90 Å². The summed E-state index contributed by atoms with van der Waals surface area (Å²) in [5.41, 5.74) is 7.03. The molecule has 3 N–H and O–H groups in total. The minimum absolute atomic E-state index is 0. The number of benzene rings is 1. The summed E-state index contributed by atoms with van der Waals surface area (Å²) < 4.78 is 38.2. The van der Waals surface area contributed by atoms with E-state index in [0.717, 1.165) is 28.7 Å². The number of aromatic nitrogens is 1. The second-order valence-corrected chi connectivity index (χ2v) is 6.69. The van der Waals surface area contributed by atoms with Crippen molar-refractivity contribution < 1.29 is 25.5 Å². The van der Waals surface area contributed by atoms with E-state index in [1.165, 1.54) is 13.3 Å². The molecule has 3 rings (SSSR count). The molecule has 1 unspecified atom stereocenters. The fourth-order valence-electron chi connectivity index (χ4n) is 1.87. The van der Waals surface area contributed by atoms with Crippen LogP contribution in [-0.2, 0) is 15.8 Å². The van der Waals surface area contributed by atoms with Gasteiger partial charge in [0.15, 0.2) is 5.82 Å². The number of thiophene rings is 1. The first kappa shape index (κ1) is 18.8. The second-order valence-electron chi connectivity index (χ2n) is 4.67. The van der Waals surface area contributed by atoms with Gasteiger partial charge in [0, 0.05) is 25.7 Å². The van der Waals surface area contributed by atoms with E-state index in [0.29, 0.717) is 0 Å². The molecule has 0 saturated carbocycles. The number of esters is 1. The third-order valence-corrected chi connectivity index (χ3v) is 4.55. The van der Waals surface area contributed by atoms with E-state index in [-0.39, 0.29) is 17.6 Å². The quantitative estimate of drug-likeness (QED) is 0.528. The first-order valence-corrected chi connectivity index (χ1v) is 8.77. The van der Waals surface area contributed by atoms with Crippen molar-refractivity contribution in [2.24, 2.45) is 0 Å². The highest BCUT2D eigenvalue weighted by molar-refractivity contribution is 7.79. The van der Waals surface area contributed by atoms with E-state index in [1.807, 2.05) is 30.3 Å². The number of anilines is 1. The summed E-state index contributed by atoms with van der Waals surface area (Å²) in [6, 6.07) is 12.3. The number of aromatic amines is 1. The SMILES string of the molecule is COC(=O)c1sc(N)cc1F.O=S([O-])c1c[nH]c(-c2ccccc2)c1.[HH].[HH]. The lowest BCUT2D eigenvalue weighted by molar-refractivity contribution is 0.0601. The summed E-state index contributed by atoms with van der Waals surface area (Å²) in [5, 5.41) is 0.267. The molecule has 0 aliphatic carbocycles. The van der Waals surface area contributed by atoms with Gasteiger partial charge in [-0.3, -0.25) is 4.21 Å². The van der Waals surface area contributed by atoms with Crippen LogP contribution in [0.25, 0.3) is 11.3 Å². The number of rotatable bonds is 3. The van der Waals surface area contributed by atoms with Crippen LogP contribution >= 0.6 is 11.3 Å². The minimum Gasteiger partial charge on any atom is -0.768 e. The molecular formula is C16H18FN2O4S2-. The Bertz CT molecular complexity index is 888. The fourth-order valence-corrected chi connectivity index (χ4v) is 2.96. The molecule has 0 spiro atoms. The van der Waals surface area contributed by atoms with Crippen molar-refractivity contribution in [3.63, 3.8) is 0 Å². The van der Waals surface area contributed by atoms with Gasteiger partial charge in [-0.15, -0.1) is 11.3 Å². The molecule has 0 saturated heterocycles. The summed E-state index contributed by atoms with van der Waals surface area (Å²) >= 11 is -1.29. The highest BCUT2D eigenvalue weighted by atomic mass is 32.2. The molecule has 25 heavy (non-hydrogen) atoms. The molecule has 6 nitrogen and oxygen atoms in total. The maximum Gasteiger partial charge on any atom is 0.351 e. The van der Waals surface area contributed by atoms with Gasteiger partial charge in [-0.25, -0.2) is 9.18 Å². The van der Waals surface area contributed by atoms with Crippen LogP contribution < -0.4 is 5.73 Å². The van der Waals surface area contributed by atoms with Crippen molar-refractivity contribution in [2.75, 3.05) is 12.8 Å². The molecule has 0 radical (unpaired) electrons. The normalized spacial score (nSPS) is 11.3. The number of carbonyl (C=O) groups is 1. The number of hydrogen-bond donors (Lipinski definition) is 2. The number of hydrogen-bond acceptors (Lipinski definition) is 6. The van der Waals surface area contributed by atoms with E-state index < -0.39 is 22.9 Å². The number of ether oxygens (including phenoxy) is 1. The average molecular weight is 385 g/mol. The van der Waals surface area contributed by atoms with Crippen LogP contribution in [0.4, 0.5) is 9.39 Å². The van der Waals surface area contributed by atoms with Crippen molar-refractivity contribution in [1.82, 2.24) is 4.98 Å². The van der Waals surface area contributed by atoms with Gasteiger partial charge in [0.2, 0.25) is 0 Å². The fraction of sp³-hybridized carbons (Fsp3) is 0.0625. The van der Waals surface area contributed by atoms with E-state index in [2.05, 4.69) is 9.72 Å². The van der Waals surface area contributed by atoms with Crippen LogP contribution in [0.1, 0.15) is 12.5 Å². The third-order valence-electron chi connectivity index (χ3n) is 3.01. The Morgan fingerprint density at radius 3 is 2.52 bits per heavy atom. The van der Waals surface area contributed by atoms with Crippen LogP contribution in [-0.4, -0.2) is 26.8 Å². The number of nitrogens with one attached hydrogen (secondary N) is 1. The van der Waals surface area contributed by atoms with Gasteiger partial charge in [0.1, 0.15) is 4.88 Å². The van der Waals surface area contributed by atoms with Crippen LogP contribution in [0.15, 0.2) is 53.6 Å². The second kappa shape index (κ2) is 8.56. The topological polar surface area (TPSA) is 108 Å². The number of halogens is 1. The predicted octanol–water partition coefficient (Wildman–Crippen LogP) is 3.67. The molecule has 1 aromatic carbocycles. The number of methoxy groups -OCH3 is 1. The standard InChI is InChI=1S/C10H9NO2S.C6H6FNO2S.2H2/c12-14(13)9-6-10(11-7-9)8-4-2-1-3-5-8;1-10-6(9)5-3(7)2-4(8)11-5;;/h1-7,11H,(H,12,13);2H,8H2,1H3;2*1H/p-1. The van der Waals surface area contributed by atoms with Crippen LogP contribution in [0, 0.1) is 5.82 Å². The minimum atomic E-state index is -2.16. The molecule has 136 valence electrons.